The average Bonchev–Trinajstić information content (AvgIpc) is 3.09. The van der Waals surface area contributed by atoms with Crippen LogP contribution in [0.3, 0.4) is 0 Å². The maximum atomic E-state index is 12.9. The highest BCUT2D eigenvalue weighted by molar-refractivity contribution is 7.89. The largest absolute Gasteiger partial charge is 0.451 e. The number of carbonyl (C=O) groups excluding carboxylic acids is 1. The average molecular weight is 451 g/mol. The molecular formula is C21H23ClN2O5S. The van der Waals surface area contributed by atoms with Gasteiger partial charge in [-0.15, -0.1) is 0 Å². The van der Waals surface area contributed by atoms with Crippen molar-refractivity contribution in [2.45, 2.75) is 25.3 Å². The van der Waals surface area contributed by atoms with Crippen molar-refractivity contribution < 1.29 is 22.4 Å². The molecule has 7 nitrogen and oxygen atoms in total. The number of anilines is 1. The lowest BCUT2D eigenvalue weighted by Gasteiger charge is -2.19. The van der Waals surface area contributed by atoms with Crippen LogP contribution < -0.4 is 5.32 Å². The van der Waals surface area contributed by atoms with Gasteiger partial charge in [-0.2, -0.15) is 4.31 Å². The molecule has 0 saturated heterocycles. The number of benzene rings is 2. The fraction of sp³-hybridized carbons (Fsp3) is 0.286. The third-order valence-corrected chi connectivity index (χ3v) is 7.24. The van der Waals surface area contributed by atoms with Gasteiger partial charge in [-0.1, -0.05) is 43.6 Å². The summed E-state index contributed by atoms with van der Waals surface area (Å²) in [6, 6.07) is 11.6. The Bertz CT molecular complexity index is 1170. The fourth-order valence-corrected chi connectivity index (χ4v) is 5.20. The molecule has 0 saturated carbocycles. The number of para-hydroxylation sites is 1. The number of ether oxygens (including phenoxy) is 1. The van der Waals surface area contributed by atoms with Gasteiger partial charge in [-0.3, -0.25) is 4.79 Å². The molecule has 3 rings (SSSR count). The highest BCUT2D eigenvalue weighted by atomic mass is 35.5. The van der Waals surface area contributed by atoms with E-state index in [-0.39, 0.29) is 22.3 Å². The number of furan rings is 1. The molecule has 1 aromatic heterocycles. The molecule has 1 N–H and O–H groups in total. The smallest absolute Gasteiger partial charge is 0.291 e. The van der Waals surface area contributed by atoms with Gasteiger partial charge in [0.05, 0.1) is 11.6 Å². The van der Waals surface area contributed by atoms with Crippen molar-refractivity contribution in [1.29, 1.82) is 0 Å². The van der Waals surface area contributed by atoms with E-state index in [2.05, 4.69) is 5.32 Å². The Hall–Kier alpha value is -2.39. The van der Waals surface area contributed by atoms with Crippen molar-refractivity contribution in [3.63, 3.8) is 0 Å². The third kappa shape index (κ3) is 4.22. The lowest BCUT2D eigenvalue weighted by atomic mass is 10.1. The van der Waals surface area contributed by atoms with Crippen molar-refractivity contribution in [3.05, 3.63) is 58.8 Å². The molecule has 0 aliphatic heterocycles. The number of fused-ring (bicyclic) bond motifs is 1. The number of nitrogens with one attached hydrogen (secondary N) is 1. The van der Waals surface area contributed by atoms with Crippen LogP contribution in [0.1, 0.15) is 30.0 Å². The quantitative estimate of drug-likeness (QED) is 0.545. The van der Waals surface area contributed by atoms with Gasteiger partial charge in [-0.25, -0.2) is 8.42 Å². The monoisotopic (exact) mass is 450 g/mol. The number of rotatable bonds is 8. The van der Waals surface area contributed by atoms with Crippen LogP contribution in [0.15, 0.2) is 51.8 Å². The van der Waals surface area contributed by atoms with Crippen LogP contribution in [0.25, 0.3) is 11.0 Å². The molecule has 0 unspecified atom stereocenters. The van der Waals surface area contributed by atoms with Gasteiger partial charge >= 0.3 is 0 Å². The van der Waals surface area contributed by atoms with E-state index < -0.39 is 15.9 Å². The summed E-state index contributed by atoms with van der Waals surface area (Å²) in [6.07, 6.45) is 0. The first-order chi connectivity index (χ1) is 14.3. The van der Waals surface area contributed by atoms with Crippen LogP contribution in [0.2, 0.25) is 5.02 Å². The van der Waals surface area contributed by atoms with Crippen LogP contribution >= 0.6 is 11.6 Å². The molecule has 0 fully saturated rings. The predicted octanol–water partition coefficient (Wildman–Crippen LogP) is 4.52. The molecule has 0 aliphatic carbocycles. The zero-order valence-corrected chi connectivity index (χ0v) is 18.5. The summed E-state index contributed by atoms with van der Waals surface area (Å²) in [7, 11) is -2.25. The molecule has 2 aromatic carbocycles. The molecule has 0 atom stereocenters. The lowest BCUT2D eigenvalue weighted by molar-refractivity contribution is 0.0992. The number of nitrogens with zero attached hydrogens (tertiary/aromatic N) is 1. The number of methoxy groups -OCH3 is 1. The SMILES string of the molecule is CCN(CC)S(=O)(=O)c1cc(NC(=O)c2oc3ccccc3c2COC)ccc1Cl. The van der Waals surface area contributed by atoms with Crippen LogP contribution in [-0.4, -0.2) is 38.8 Å². The van der Waals surface area contributed by atoms with Crippen molar-refractivity contribution in [2.75, 3.05) is 25.5 Å². The summed E-state index contributed by atoms with van der Waals surface area (Å²) in [4.78, 5) is 12.9. The van der Waals surface area contributed by atoms with E-state index in [0.717, 1.165) is 5.39 Å². The summed E-state index contributed by atoms with van der Waals surface area (Å²) in [6.45, 7) is 4.32. The first kappa shape index (κ1) is 22.3. The number of hydrogen-bond donors (Lipinski definition) is 1. The second-order valence-electron chi connectivity index (χ2n) is 6.53. The predicted molar refractivity (Wildman–Crippen MR) is 116 cm³/mol. The van der Waals surface area contributed by atoms with E-state index in [0.29, 0.717) is 29.9 Å². The summed E-state index contributed by atoms with van der Waals surface area (Å²) in [5, 5.41) is 3.57. The number of amides is 1. The summed E-state index contributed by atoms with van der Waals surface area (Å²) in [5.41, 5.74) is 1.48. The third-order valence-electron chi connectivity index (χ3n) is 4.71. The first-order valence-corrected chi connectivity index (χ1v) is 11.3. The minimum Gasteiger partial charge on any atom is -0.451 e. The second kappa shape index (κ2) is 9.18. The standard InChI is InChI=1S/C21H23ClN2O5S/c1-4-24(5-2)30(26,27)19-12-14(10-11-17(19)22)23-21(25)20-16(13-28-3)15-8-6-7-9-18(15)29-20/h6-12H,4-5,13H2,1-3H3,(H,23,25). The Morgan fingerprint density at radius 2 is 1.87 bits per heavy atom. The maximum Gasteiger partial charge on any atom is 0.291 e. The highest BCUT2D eigenvalue weighted by Crippen LogP contribution is 2.30. The molecule has 1 amide bonds. The molecule has 0 radical (unpaired) electrons. The topological polar surface area (TPSA) is 88.9 Å². The molecule has 30 heavy (non-hydrogen) atoms. The van der Waals surface area contributed by atoms with Gasteiger partial charge in [0.25, 0.3) is 5.91 Å². The zero-order chi connectivity index (χ0) is 21.9. The molecule has 9 heteroatoms. The van der Waals surface area contributed by atoms with Gasteiger partial charge < -0.3 is 14.5 Å². The zero-order valence-electron chi connectivity index (χ0n) is 16.9. The Labute approximate surface area is 180 Å². The number of hydrogen-bond acceptors (Lipinski definition) is 5. The minimum absolute atomic E-state index is 0.0626. The van der Waals surface area contributed by atoms with Crippen molar-refractivity contribution in [2.24, 2.45) is 0 Å². The highest BCUT2D eigenvalue weighted by Gasteiger charge is 2.26. The van der Waals surface area contributed by atoms with Gasteiger partial charge in [0.1, 0.15) is 10.5 Å². The number of halogens is 1. The van der Waals surface area contributed by atoms with E-state index in [4.69, 9.17) is 20.8 Å². The Balaban J connectivity index is 1.97. The van der Waals surface area contributed by atoms with Gasteiger partial charge in [0.15, 0.2) is 5.76 Å². The van der Waals surface area contributed by atoms with Gasteiger partial charge in [0.2, 0.25) is 10.0 Å². The van der Waals surface area contributed by atoms with Crippen molar-refractivity contribution in [3.8, 4) is 0 Å². The Morgan fingerprint density at radius 3 is 2.53 bits per heavy atom. The van der Waals surface area contributed by atoms with Crippen LogP contribution in [-0.2, 0) is 21.4 Å². The molecule has 0 aliphatic rings. The molecule has 1 heterocycles. The Morgan fingerprint density at radius 1 is 1.17 bits per heavy atom. The van der Waals surface area contributed by atoms with Crippen LogP contribution in [0, 0.1) is 0 Å². The number of sulfonamides is 1. The minimum atomic E-state index is -3.79. The van der Waals surface area contributed by atoms with E-state index in [9.17, 15) is 13.2 Å². The molecule has 160 valence electrons. The lowest BCUT2D eigenvalue weighted by Crippen LogP contribution is -2.30. The molecule has 0 spiro atoms. The van der Waals surface area contributed by atoms with E-state index in [1.165, 1.54) is 23.5 Å². The van der Waals surface area contributed by atoms with E-state index in [1.54, 1.807) is 26.0 Å². The summed E-state index contributed by atoms with van der Waals surface area (Å²) in [5.74, 6) is -0.395. The van der Waals surface area contributed by atoms with Crippen molar-refractivity contribution in [1.82, 2.24) is 4.31 Å². The van der Waals surface area contributed by atoms with Crippen molar-refractivity contribution >= 4 is 44.2 Å². The van der Waals surface area contributed by atoms with Crippen LogP contribution in [0.5, 0.6) is 0 Å². The fourth-order valence-electron chi connectivity index (χ4n) is 3.24. The van der Waals surface area contributed by atoms with Gasteiger partial charge in [-0.05, 0) is 24.3 Å². The Kier molecular flexibility index (Phi) is 6.82. The van der Waals surface area contributed by atoms with Crippen LogP contribution in [0.4, 0.5) is 5.69 Å². The number of carbonyl (C=O) groups is 1. The van der Waals surface area contributed by atoms with Gasteiger partial charge in [0, 0.05) is 36.8 Å². The summed E-state index contributed by atoms with van der Waals surface area (Å²) >= 11 is 6.16. The van der Waals surface area contributed by atoms with E-state index >= 15 is 0 Å². The second-order valence-corrected chi connectivity index (χ2v) is 8.84. The summed E-state index contributed by atoms with van der Waals surface area (Å²) < 4.78 is 38.0. The molecular weight excluding hydrogens is 428 g/mol. The maximum absolute atomic E-state index is 12.9. The molecule has 0 bridgehead atoms. The first-order valence-electron chi connectivity index (χ1n) is 9.43. The molecule has 3 aromatic rings. The van der Waals surface area contributed by atoms with E-state index in [1.807, 2.05) is 18.2 Å². The normalized spacial score (nSPS) is 11.9.